The fourth-order valence-electron chi connectivity index (χ4n) is 0. The van der Waals surface area contributed by atoms with Gasteiger partial charge >= 0.3 is 0 Å². The molecule has 0 saturated carbocycles. The summed E-state index contributed by atoms with van der Waals surface area (Å²) in [6, 6.07) is 0. The van der Waals surface area contributed by atoms with Crippen LogP contribution in [0.4, 0.5) is 0 Å². The molecule has 3 N–H and O–H groups in total. The maximum Gasteiger partial charge on any atom is 0 e. The van der Waals surface area contributed by atoms with Gasteiger partial charge in [-0.05, 0) is 0 Å². The smallest absolute Gasteiger partial charge is 0 e. The fourth-order valence-corrected chi connectivity index (χ4v) is 0. The lowest BCUT2D eigenvalue weighted by Crippen LogP contribution is -0.856. The van der Waals surface area contributed by atoms with Crippen molar-refractivity contribution in [2.45, 2.75) is 41.5 Å². The zero-order chi connectivity index (χ0) is 6.00. The average Bonchev–Trinajstić information content (AvgIpc) is 1.81. The van der Waals surface area contributed by atoms with Gasteiger partial charge in [0, 0.05) is 1.43 Å². The second-order valence-electron chi connectivity index (χ2n) is 0. The first-order chi connectivity index (χ1) is 3.00. The van der Waals surface area contributed by atoms with Crippen molar-refractivity contribution in [3.8, 4) is 0 Å². The Morgan fingerprint density at radius 1 is 0.571 bits per heavy atom. The molecule has 1 heteroatoms. The zero-order valence-electron chi connectivity index (χ0n) is 6.71. The maximum absolute atomic E-state index is 2.00. The monoisotopic (exact) mass is 111 g/mol. The van der Waals surface area contributed by atoms with Gasteiger partial charge in [0.15, 0.2) is 0 Å². The summed E-state index contributed by atoms with van der Waals surface area (Å²) in [4.78, 5) is 0. The van der Waals surface area contributed by atoms with E-state index in [4.69, 9.17) is 0 Å². The standard InChI is InChI=1S/3C2H6.H3N.H2/c3*1-2;;/h3*1-2H3;1H3;1H/i;;;;1+2. The number of rotatable bonds is 0. The topological polar surface area (TPSA) is 35.0 Å². The zero-order valence-corrected chi connectivity index (χ0v) is 6.71. The third-order valence-electron chi connectivity index (χ3n) is 0. The summed E-state index contributed by atoms with van der Waals surface area (Å²) in [5.74, 6) is 0. The molecule has 0 amide bonds. The molecule has 0 aliphatic carbocycles. The van der Waals surface area contributed by atoms with Crippen molar-refractivity contribution in [3.05, 3.63) is 0 Å². The van der Waals surface area contributed by atoms with Crippen molar-refractivity contribution in [1.29, 1.82) is 0 Å². The molecule has 0 aromatic rings. The molecule has 0 heterocycles. The Balaban J connectivity index is -0.00000000500. The van der Waals surface area contributed by atoms with Crippen LogP contribution in [0.15, 0.2) is 0 Å². The van der Waals surface area contributed by atoms with Crippen molar-refractivity contribution < 1.29 is 1.43 Å². The molecule has 0 bridgehead atoms. The third kappa shape index (κ3) is 58400. The highest BCUT2D eigenvalue weighted by Gasteiger charge is 0.936. The van der Waals surface area contributed by atoms with Gasteiger partial charge in [0.1, 0.15) is 0 Å². The Hall–Kier alpha value is -0.0400. The predicted molar refractivity (Wildman–Crippen MR) is 41.2 cm³/mol. The van der Waals surface area contributed by atoms with Crippen LogP contribution in [-0.2, 0) is 0 Å². The van der Waals surface area contributed by atoms with Crippen LogP contribution in [0.2, 0.25) is 0 Å². The van der Waals surface area contributed by atoms with Crippen LogP contribution in [-0.4, -0.2) is 0 Å². The largest absolute Gasteiger partial charge is 0.344 e. The minimum Gasteiger partial charge on any atom is -0.344 e. The lowest BCUT2D eigenvalue weighted by Gasteiger charge is -1.07. The van der Waals surface area contributed by atoms with Gasteiger partial charge in [-0.1, -0.05) is 41.5 Å². The average molecular weight is 111 g/mol. The molecule has 0 saturated heterocycles. The Bertz CT molecular complexity index is 8.49. The van der Waals surface area contributed by atoms with E-state index in [0.717, 1.165) is 0 Å². The number of hydrogen-bond donors (Lipinski definition) is 1. The molecule has 0 spiro atoms. The normalized spacial score (nSPS) is 2.57. The Morgan fingerprint density at radius 2 is 0.571 bits per heavy atom. The molecule has 0 aliphatic rings. The van der Waals surface area contributed by atoms with Crippen molar-refractivity contribution in [2.24, 2.45) is 0 Å². The molecular weight excluding hydrogens is 86.1 g/mol. The van der Waals surface area contributed by atoms with E-state index < -0.39 is 0 Å². The van der Waals surface area contributed by atoms with Crippen LogP contribution in [0, 0.1) is 0 Å². The fraction of sp³-hybridized carbons (Fsp3) is 1.00. The number of hydrogen-bond acceptors (Lipinski definition) is 1. The summed E-state index contributed by atoms with van der Waals surface area (Å²) in [5.41, 5.74) is 0. The molecule has 0 rings (SSSR count). The lowest BCUT2D eigenvalue weighted by molar-refractivity contribution is 1.50. The molecule has 7 heavy (non-hydrogen) atoms. The van der Waals surface area contributed by atoms with E-state index in [9.17, 15) is 0 Å². The van der Waals surface area contributed by atoms with Crippen molar-refractivity contribution in [3.63, 3.8) is 0 Å². The molecular formula is C6H23N. The van der Waals surface area contributed by atoms with E-state index in [-0.39, 0.29) is 7.58 Å². The minimum atomic E-state index is 0. The van der Waals surface area contributed by atoms with E-state index >= 15 is 0 Å². The van der Waals surface area contributed by atoms with E-state index in [1.807, 2.05) is 41.5 Å². The van der Waals surface area contributed by atoms with Crippen molar-refractivity contribution in [2.75, 3.05) is 0 Å². The van der Waals surface area contributed by atoms with Gasteiger partial charge in [0.05, 0.1) is 0 Å². The molecule has 1 nitrogen and oxygen atoms in total. The minimum absolute atomic E-state index is 0. The van der Waals surface area contributed by atoms with Gasteiger partial charge in [-0.15, -0.1) is 0 Å². The van der Waals surface area contributed by atoms with Crippen LogP contribution in [0.5, 0.6) is 0 Å². The molecule has 0 aliphatic heterocycles. The summed E-state index contributed by atoms with van der Waals surface area (Å²) in [6.45, 7) is 12.0. The van der Waals surface area contributed by atoms with Crippen LogP contribution in [0.1, 0.15) is 43.0 Å². The molecule has 0 aromatic heterocycles. The molecule has 0 aromatic carbocycles. The predicted octanol–water partition coefficient (Wildman–Crippen LogP) is 3.49. The van der Waals surface area contributed by atoms with Gasteiger partial charge in [0.25, 0.3) is 0 Å². The summed E-state index contributed by atoms with van der Waals surface area (Å²) in [5, 5.41) is 0. The van der Waals surface area contributed by atoms with Gasteiger partial charge in [-0.3, -0.25) is 0 Å². The highest BCUT2D eigenvalue weighted by Crippen LogP contribution is 1.15. The van der Waals surface area contributed by atoms with E-state index in [1.165, 1.54) is 0 Å². The van der Waals surface area contributed by atoms with Crippen molar-refractivity contribution >= 4 is 0 Å². The molecule has 0 unspecified atom stereocenters. The summed E-state index contributed by atoms with van der Waals surface area (Å²) in [6.07, 6.45) is 0. The van der Waals surface area contributed by atoms with Gasteiger partial charge in [-0.25, -0.2) is 0 Å². The maximum atomic E-state index is 2.00. The SMILES string of the molecule is CC.CC.CC.N.[3HH]. The second-order valence-corrected chi connectivity index (χ2v) is 0. The molecule has 0 atom stereocenters. The van der Waals surface area contributed by atoms with Gasteiger partial charge in [-0.2, -0.15) is 0 Å². The van der Waals surface area contributed by atoms with Gasteiger partial charge < -0.3 is 6.15 Å². The summed E-state index contributed by atoms with van der Waals surface area (Å²) >= 11 is 0. The summed E-state index contributed by atoms with van der Waals surface area (Å²) < 4.78 is 0. The second kappa shape index (κ2) is 91600. The first kappa shape index (κ1) is 28.2. The molecule has 52 valence electrons. The lowest BCUT2D eigenvalue weighted by atomic mass is 11.0. The highest BCUT2D eigenvalue weighted by atomic mass is 14.0. The molecule has 0 fully saturated rings. The molecule has 0 radical (unpaired) electrons. The van der Waals surface area contributed by atoms with Gasteiger partial charge in [0.2, 0.25) is 0 Å². The summed E-state index contributed by atoms with van der Waals surface area (Å²) in [7, 11) is 0. The first-order valence-electron chi connectivity index (χ1n) is 3.00. The Kier molecular flexibility index (Phi) is 369000. The third-order valence-corrected chi connectivity index (χ3v) is 0. The van der Waals surface area contributed by atoms with Crippen LogP contribution in [0.3, 0.4) is 0 Å². The quantitative estimate of drug-likeness (QED) is 0.510. The van der Waals surface area contributed by atoms with E-state index in [1.54, 1.807) is 0 Å². The van der Waals surface area contributed by atoms with Crippen molar-refractivity contribution in [1.82, 2.24) is 6.15 Å². The first-order valence-corrected chi connectivity index (χ1v) is 3.00. The highest BCUT2D eigenvalue weighted by molar-refractivity contribution is 3.51. The van der Waals surface area contributed by atoms with E-state index in [0.29, 0.717) is 0 Å². The van der Waals surface area contributed by atoms with E-state index in [2.05, 4.69) is 0 Å². The Labute approximate surface area is 50.2 Å². The Morgan fingerprint density at radius 3 is 0.571 bits per heavy atom. The van der Waals surface area contributed by atoms with Crippen LogP contribution in [0.25, 0.3) is 0 Å². The van der Waals surface area contributed by atoms with Crippen LogP contribution >= 0.6 is 0 Å². The van der Waals surface area contributed by atoms with Crippen LogP contribution < -0.4 is 6.15 Å².